The second kappa shape index (κ2) is 14.3. The molecule has 9 heteroatoms. The zero-order valence-corrected chi connectivity index (χ0v) is 19.3. The van der Waals surface area contributed by atoms with Crippen LogP contribution in [0.2, 0.25) is 0 Å². The van der Waals surface area contributed by atoms with Crippen LogP contribution in [0.3, 0.4) is 0 Å². The number of ether oxygens (including phenoxy) is 2. The molecule has 160 valence electrons. The molecule has 1 aromatic rings. The first kappa shape index (κ1) is 26.2. The lowest BCUT2D eigenvalue weighted by Gasteiger charge is -2.19. The van der Waals surface area contributed by atoms with Crippen molar-refractivity contribution in [2.24, 2.45) is 4.99 Å². The van der Waals surface area contributed by atoms with Crippen LogP contribution in [0.4, 0.5) is 9.18 Å². The molecule has 0 aromatic heterocycles. The van der Waals surface area contributed by atoms with Gasteiger partial charge < -0.3 is 25.4 Å². The standard InChI is InChI=1S/C19H31FN4O3.HI/c1-19(2,3)27-18(25)24-13-12-23-17(21-4)22-11-5-6-14-26-16-9-7-15(20)8-10-16;/h7-10H,5-6,11-14H2,1-4H3,(H,24,25)(H2,21,22,23);1H. The van der Waals surface area contributed by atoms with Gasteiger partial charge in [-0.3, -0.25) is 4.99 Å². The highest BCUT2D eigenvalue weighted by Gasteiger charge is 2.15. The molecule has 0 unspecified atom stereocenters. The topological polar surface area (TPSA) is 84.0 Å². The third kappa shape index (κ3) is 13.4. The van der Waals surface area contributed by atoms with Gasteiger partial charge in [-0.15, -0.1) is 24.0 Å². The van der Waals surface area contributed by atoms with Crippen LogP contribution in [-0.4, -0.2) is 50.9 Å². The second-order valence-electron chi connectivity index (χ2n) is 6.86. The number of guanidine groups is 1. The van der Waals surface area contributed by atoms with E-state index in [0.29, 0.717) is 31.4 Å². The molecule has 0 radical (unpaired) electrons. The van der Waals surface area contributed by atoms with Gasteiger partial charge in [0.25, 0.3) is 0 Å². The molecule has 1 rings (SSSR count). The van der Waals surface area contributed by atoms with Crippen molar-refractivity contribution < 1.29 is 18.7 Å². The fraction of sp³-hybridized carbons (Fsp3) is 0.579. The summed E-state index contributed by atoms with van der Waals surface area (Å²) in [5, 5.41) is 8.98. The highest BCUT2D eigenvalue weighted by molar-refractivity contribution is 14.0. The summed E-state index contributed by atoms with van der Waals surface area (Å²) in [7, 11) is 1.69. The Bertz CT molecular complexity index is 592. The molecule has 0 bridgehead atoms. The number of halogens is 2. The van der Waals surface area contributed by atoms with Gasteiger partial charge >= 0.3 is 6.09 Å². The van der Waals surface area contributed by atoms with E-state index >= 15 is 0 Å². The van der Waals surface area contributed by atoms with E-state index in [1.165, 1.54) is 12.1 Å². The number of hydrogen-bond donors (Lipinski definition) is 3. The van der Waals surface area contributed by atoms with Crippen molar-refractivity contribution in [2.45, 2.75) is 39.2 Å². The number of aliphatic imine (C=N–C) groups is 1. The molecule has 0 aliphatic heterocycles. The van der Waals surface area contributed by atoms with E-state index in [0.717, 1.165) is 19.4 Å². The summed E-state index contributed by atoms with van der Waals surface area (Å²) in [4.78, 5) is 15.6. The molecule has 0 fully saturated rings. The van der Waals surface area contributed by atoms with E-state index in [-0.39, 0.29) is 29.8 Å². The van der Waals surface area contributed by atoms with Crippen LogP contribution in [0.1, 0.15) is 33.6 Å². The van der Waals surface area contributed by atoms with Gasteiger partial charge in [0, 0.05) is 26.7 Å². The number of amides is 1. The first-order valence-electron chi connectivity index (χ1n) is 9.10. The van der Waals surface area contributed by atoms with E-state index in [1.54, 1.807) is 19.2 Å². The van der Waals surface area contributed by atoms with E-state index < -0.39 is 11.7 Å². The number of unbranched alkanes of at least 4 members (excludes halogenated alkanes) is 1. The van der Waals surface area contributed by atoms with Gasteiger partial charge in [-0.2, -0.15) is 0 Å². The number of nitrogens with one attached hydrogen (secondary N) is 3. The maximum Gasteiger partial charge on any atom is 0.407 e. The number of benzene rings is 1. The molecule has 0 spiro atoms. The molecule has 0 aliphatic rings. The Kier molecular flexibility index (Phi) is 13.3. The van der Waals surface area contributed by atoms with Gasteiger partial charge in [0.2, 0.25) is 0 Å². The zero-order valence-electron chi connectivity index (χ0n) is 17.0. The summed E-state index contributed by atoms with van der Waals surface area (Å²) < 4.78 is 23.5. The van der Waals surface area contributed by atoms with Crippen LogP contribution in [0.15, 0.2) is 29.3 Å². The fourth-order valence-electron chi connectivity index (χ4n) is 2.03. The van der Waals surface area contributed by atoms with Gasteiger partial charge in [0.1, 0.15) is 17.2 Å². The van der Waals surface area contributed by atoms with Crippen molar-refractivity contribution in [3.05, 3.63) is 30.1 Å². The summed E-state index contributed by atoms with van der Waals surface area (Å²) in [6.07, 6.45) is 1.33. The Balaban J connectivity index is 0.00000729. The van der Waals surface area contributed by atoms with E-state index in [1.807, 2.05) is 20.8 Å². The predicted molar refractivity (Wildman–Crippen MR) is 120 cm³/mol. The second-order valence-corrected chi connectivity index (χ2v) is 6.86. The van der Waals surface area contributed by atoms with Crippen molar-refractivity contribution in [2.75, 3.05) is 33.3 Å². The Morgan fingerprint density at radius 2 is 1.64 bits per heavy atom. The molecule has 0 saturated carbocycles. The van der Waals surface area contributed by atoms with Gasteiger partial charge in [-0.1, -0.05) is 0 Å². The van der Waals surface area contributed by atoms with Crippen molar-refractivity contribution in [3.8, 4) is 5.75 Å². The van der Waals surface area contributed by atoms with Crippen LogP contribution in [0.25, 0.3) is 0 Å². The van der Waals surface area contributed by atoms with Gasteiger partial charge in [-0.05, 0) is 57.9 Å². The Morgan fingerprint density at radius 3 is 2.25 bits per heavy atom. The minimum absolute atomic E-state index is 0. The number of carbonyl (C=O) groups is 1. The SMILES string of the molecule is CN=C(NCCCCOc1ccc(F)cc1)NCCNC(=O)OC(C)(C)C.I. The van der Waals surface area contributed by atoms with E-state index in [9.17, 15) is 9.18 Å². The highest BCUT2D eigenvalue weighted by atomic mass is 127. The molecule has 3 N–H and O–H groups in total. The number of carbonyl (C=O) groups excluding carboxylic acids is 1. The summed E-state index contributed by atoms with van der Waals surface area (Å²) in [5.74, 6) is 1.06. The van der Waals surface area contributed by atoms with Gasteiger partial charge in [-0.25, -0.2) is 9.18 Å². The smallest absolute Gasteiger partial charge is 0.407 e. The molecular formula is C19H32FIN4O3. The Labute approximate surface area is 183 Å². The van der Waals surface area contributed by atoms with Gasteiger partial charge in [0.15, 0.2) is 5.96 Å². The predicted octanol–water partition coefficient (Wildman–Crippen LogP) is 3.29. The van der Waals surface area contributed by atoms with Crippen molar-refractivity contribution in [1.82, 2.24) is 16.0 Å². The van der Waals surface area contributed by atoms with Crippen LogP contribution in [0.5, 0.6) is 5.75 Å². The lowest BCUT2D eigenvalue weighted by Crippen LogP contribution is -2.42. The molecule has 0 saturated heterocycles. The van der Waals surface area contributed by atoms with Crippen LogP contribution in [-0.2, 0) is 4.74 Å². The molecule has 1 aromatic carbocycles. The molecule has 1 amide bonds. The average Bonchev–Trinajstić information content (AvgIpc) is 2.59. The Hall–Kier alpha value is -1.78. The monoisotopic (exact) mass is 510 g/mol. The molecule has 28 heavy (non-hydrogen) atoms. The quantitative estimate of drug-likeness (QED) is 0.206. The minimum atomic E-state index is -0.504. The zero-order chi connectivity index (χ0) is 20.1. The number of alkyl carbamates (subject to hydrolysis) is 1. The van der Waals surface area contributed by atoms with Crippen LogP contribution in [0, 0.1) is 5.82 Å². The van der Waals surface area contributed by atoms with Crippen LogP contribution < -0.4 is 20.7 Å². The fourth-order valence-corrected chi connectivity index (χ4v) is 2.03. The molecule has 0 heterocycles. The number of hydrogen-bond acceptors (Lipinski definition) is 4. The van der Waals surface area contributed by atoms with Crippen molar-refractivity contribution >= 4 is 36.0 Å². The first-order chi connectivity index (χ1) is 12.8. The average molecular weight is 510 g/mol. The summed E-state index contributed by atoms with van der Waals surface area (Å²) in [5.41, 5.74) is -0.504. The van der Waals surface area contributed by atoms with E-state index in [2.05, 4.69) is 20.9 Å². The minimum Gasteiger partial charge on any atom is -0.494 e. The Morgan fingerprint density at radius 1 is 1.04 bits per heavy atom. The summed E-state index contributed by atoms with van der Waals surface area (Å²) in [6.45, 7) is 7.74. The van der Waals surface area contributed by atoms with Gasteiger partial charge in [0.05, 0.1) is 6.61 Å². The summed E-state index contributed by atoms with van der Waals surface area (Å²) >= 11 is 0. The lowest BCUT2D eigenvalue weighted by molar-refractivity contribution is 0.0529. The number of nitrogens with zero attached hydrogens (tertiary/aromatic N) is 1. The summed E-state index contributed by atoms with van der Waals surface area (Å²) in [6, 6.07) is 5.99. The maximum atomic E-state index is 12.8. The number of rotatable bonds is 9. The van der Waals surface area contributed by atoms with Crippen molar-refractivity contribution in [3.63, 3.8) is 0 Å². The van der Waals surface area contributed by atoms with Crippen LogP contribution >= 0.6 is 24.0 Å². The largest absolute Gasteiger partial charge is 0.494 e. The third-order valence-electron chi connectivity index (χ3n) is 3.26. The molecular weight excluding hydrogens is 478 g/mol. The first-order valence-corrected chi connectivity index (χ1v) is 9.10. The highest BCUT2D eigenvalue weighted by Crippen LogP contribution is 2.11. The third-order valence-corrected chi connectivity index (χ3v) is 3.26. The normalized spacial score (nSPS) is 11.2. The molecule has 0 aliphatic carbocycles. The molecule has 0 atom stereocenters. The lowest BCUT2D eigenvalue weighted by atomic mass is 10.2. The maximum absolute atomic E-state index is 12.8. The van der Waals surface area contributed by atoms with Crippen molar-refractivity contribution in [1.29, 1.82) is 0 Å². The molecule has 7 nitrogen and oxygen atoms in total. The van der Waals surface area contributed by atoms with E-state index in [4.69, 9.17) is 9.47 Å².